The molecule has 1 rings (SSSR count). The van der Waals surface area contributed by atoms with Crippen LogP contribution in [0.25, 0.3) is 0 Å². The molecule has 0 radical (unpaired) electrons. The van der Waals surface area contributed by atoms with Gasteiger partial charge in [-0.2, -0.15) is 4.39 Å². The summed E-state index contributed by atoms with van der Waals surface area (Å²) in [5, 5.41) is 6.55. The Kier molecular flexibility index (Phi) is 1.62. The van der Waals surface area contributed by atoms with Gasteiger partial charge in [0.15, 0.2) is 0 Å². The maximum absolute atomic E-state index is 12.2. The summed E-state index contributed by atoms with van der Waals surface area (Å²) >= 11 is 0. The summed E-state index contributed by atoms with van der Waals surface area (Å²) in [5.41, 5.74) is -0.167. The van der Waals surface area contributed by atoms with Crippen LogP contribution in [0.15, 0.2) is 18.2 Å². The average molecular weight is 142 g/mol. The van der Waals surface area contributed by atoms with E-state index >= 15 is 0 Å². The van der Waals surface area contributed by atoms with Crippen molar-refractivity contribution in [3.8, 4) is 0 Å². The molecule has 0 atom stereocenters. The Morgan fingerprint density at radius 3 is 2.70 bits per heavy atom. The summed E-state index contributed by atoms with van der Waals surface area (Å²) < 4.78 is 12.2. The number of pyridine rings is 1. The van der Waals surface area contributed by atoms with Gasteiger partial charge in [-0.3, -0.25) is 0 Å². The third-order valence-corrected chi connectivity index (χ3v) is 0.948. The number of hydrogen-bond acceptors (Lipinski definition) is 2. The molecule has 1 aromatic rings. The molecule has 2 N–H and O–H groups in total. The molecule has 0 bridgehead atoms. The minimum absolute atomic E-state index is 0.167. The molecule has 1 aromatic heterocycles. The Labute approximate surface area is 56.1 Å². The summed E-state index contributed by atoms with van der Waals surface area (Å²) in [5.74, 6) is -1.71. The first-order valence-corrected chi connectivity index (χ1v) is 2.58. The van der Waals surface area contributed by atoms with Crippen molar-refractivity contribution in [2.75, 3.05) is 0 Å². The fourth-order valence-electron chi connectivity index (χ4n) is 0.535. The summed E-state index contributed by atoms with van der Waals surface area (Å²) in [4.78, 5) is 13.4. The fraction of sp³-hybridized carbons (Fsp3) is 0. The van der Waals surface area contributed by atoms with Crippen molar-refractivity contribution in [2.24, 2.45) is 0 Å². The average Bonchev–Trinajstić information content (AvgIpc) is 1.88. The number of aromatic nitrogens is 1. The number of halogens is 1. The van der Waals surface area contributed by atoms with Gasteiger partial charge in [0.1, 0.15) is 0 Å². The van der Waals surface area contributed by atoms with Crippen molar-refractivity contribution in [1.82, 2.24) is 4.98 Å². The molecule has 52 valence electrons. The SMILES string of the molecule is O=C([OH2+])c1cccc(F)n1. The smallest absolute Gasteiger partial charge is 0.560 e. The van der Waals surface area contributed by atoms with Gasteiger partial charge in [0, 0.05) is 4.79 Å². The summed E-state index contributed by atoms with van der Waals surface area (Å²) in [6.07, 6.45) is 0. The van der Waals surface area contributed by atoms with Gasteiger partial charge in [0.05, 0.1) is 0 Å². The van der Waals surface area contributed by atoms with Crippen LogP contribution in [-0.4, -0.2) is 16.1 Å². The number of carbonyl (C=O) groups is 1. The van der Waals surface area contributed by atoms with Gasteiger partial charge < -0.3 is 5.11 Å². The van der Waals surface area contributed by atoms with Gasteiger partial charge in [-0.1, -0.05) is 6.07 Å². The van der Waals surface area contributed by atoms with E-state index < -0.39 is 11.9 Å². The van der Waals surface area contributed by atoms with Crippen LogP contribution in [0.4, 0.5) is 4.39 Å². The standard InChI is InChI=1S/C6H4FNO2/c7-5-3-1-2-4(8-5)6(9)10/h1-3H,(H,9,10)/p+1. The lowest BCUT2D eigenvalue weighted by molar-refractivity contribution is 0.0689. The predicted octanol–water partition coefficient (Wildman–Crippen LogP) is 0.0855. The van der Waals surface area contributed by atoms with Crippen molar-refractivity contribution in [3.05, 3.63) is 29.8 Å². The fourth-order valence-corrected chi connectivity index (χ4v) is 0.535. The molecule has 1 heterocycles. The lowest BCUT2D eigenvalue weighted by Gasteiger charge is -1.86. The van der Waals surface area contributed by atoms with Gasteiger partial charge in [0.2, 0.25) is 11.6 Å². The second kappa shape index (κ2) is 2.43. The summed E-state index contributed by atoms with van der Waals surface area (Å²) in [7, 11) is 0. The molecular formula is C6H5FNO2+. The zero-order valence-corrected chi connectivity index (χ0v) is 4.97. The lowest BCUT2D eigenvalue weighted by Crippen LogP contribution is -2.00. The zero-order valence-electron chi connectivity index (χ0n) is 4.97. The first-order valence-electron chi connectivity index (χ1n) is 2.58. The molecule has 0 aliphatic rings. The molecule has 0 saturated heterocycles. The van der Waals surface area contributed by atoms with Gasteiger partial charge in [-0.25, -0.2) is 4.98 Å². The molecule has 0 aliphatic heterocycles. The number of rotatable bonds is 1. The Hall–Kier alpha value is -1.45. The Morgan fingerprint density at radius 1 is 1.60 bits per heavy atom. The molecular weight excluding hydrogens is 137 g/mol. The minimum atomic E-state index is -0.973. The van der Waals surface area contributed by atoms with Crippen LogP contribution in [0.3, 0.4) is 0 Å². The Bertz CT molecular complexity index is 262. The van der Waals surface area contributed by atoms with Crippen LogP contribution in [0.5, 0.6) is 0 Å². The predicted molar refractivity (Wildman–Crippen MR) is 32.1 cm³/mol. The topological polar surface area (TPSA) is 52.9 Å². The van der Waals surface area contributed by atoms with Crippen molar-refractivity contribution in [2.45, 2.75) is 0 Å². The first-order chi connectivity index (χ1) is 4.70. The van der Waals surface area contributed by atoms with E-state index in [1.54, 1.807) is 0 Å². The number of hydrogen-bond donors (Lipinski definition) is 0. The second-order valence-corrected chi connectivity index (χ2v) is 1.67. The minimum Gasteiger partial charge on any atom is -0.560 e. The normalized spacial score (nSPS) is 9.30. The maximum Gasteiger partial charge on any atom is 0.567 e. The Morgan fingerprint density at radius 2 is 2.30 bits per heavy atom. The molecule has 0 aromatic carbocycles. The van der Waals surface area contributed by atoms with E-state index in [0.717, 1.165) is 6.07 Å². The molecule has 3 nitrogen and oxygen atoms in total. The van der Waals surface area contributed by atoms with Crippen LogP contribution in [-0.2, 0) is 0 Å². The van der Waals surface area contributed by atoms with Crippen LogP contribution < -0.4 is 0 Å². The van der Waals surface area contributed by atoms with E-state index in [1.807, 2.05) is 0 Å². The van der Waals surface area contributed by atoms with Crippen molar-refractivity contribution in [3.63, 3.8) is 0 Å². The molecule has 10 heavy (non-hydrogen) atoms. The molecule has 0 unspecified atom stereocenters. The van der Waals surface area contributed by atoms with E-state index in [0.29, 0.717) is 0 Å². The quantitative estimate of drug-likeness (QED) is 0.412. The van der Waals surface area contributed by atoms with Gasteiger partial charge in [0.25, 0.3) is 0 Å². The highest BCUT2D eigenvalue weighted by atomic mass is 19.1. The third kappa shape index (κ3) is 1.28. The molecule has 4 heteroatoms. The highest BCUT2D eigenvalue weighted by molar-refractivity contribution is 5.85. The van der Waals surface area contributed by atoms with Crippen molar-refractivity contribution in [1.29, 1.82) is 0 Å². The highest BCUT2D eigenvalue weighted by Crippen LogP contribution is 1.96. The van der Waals surface area contributed by atoms with E-state index in [9.17, 15) is 9.18 Å². The van der Waals surface area contributed by atoms with Crippen molar-refractivity contribution < 1.29 is 14.3 Å². The largest absolute Gasteiger partial charge is 0.567 e. The summed E-state index contributed by atoms with van der Waals surface area (Å²) in [6.45, 7) is 0. The zero-order chi connectivity index (χ0) is 7.56. The van der Waals surface area contributed by atoms with Crippen LogP contribution in [0.1, 0.15) is 10.5 Å². The van der Waals surface area contributed by atoms with Crippen molar-refractivity contribution >= 4 is 5.97 Å². The maximum atomic E-state index is 12.2. The van der Waals surface area contributed by atoms with Crippen LogP contribution >= 0.6 is 0 Å². The van der Waals surface area contributed by atoms with Crippen LogP contribution in [0.2, 0.25) is 0 Å². The van der Waals surface area contributed by atoms with E-state index in [4.69, 9.17) is 5.11 Å². The molecule has 0 aliphatic carbocycles. The third-order valence-electron chi connectivity index (χ3n) is 0.948. The second-order valence-electron chi connectivity index (χ2n) is 1.67. The van der Waals surface area contributed by atoms with Crippen LogP contribution in [0, 0.1) is 5.95 Å². The molecule has 0 fully saturated rings. The monoisotopic (exact) mass is 142 g/mol. The highest BCUT2D eigenvalue weighted by Gasteiger charge is 2.12. The Balaban J connectivity index is 3.07. The number of carbonyl (C=O) groups excluding carboxylic acids is 1. The van der Waals surface area contributed by atoms with Gasteiger partial charge >= 0.3 is 5.97 Å². The van der Waals surface area contributed by atoms with Gasteiger partial charge in [-0.15, -0.1) is 0 Å². The summed E-state index contributed by atoms with van der Waals surface area (Å²) in [6, 6.07) is 3.74. The number of nitrogens with zero attached hydrogens (tertiary/aromatic N) is 1. The van der Waals surface area contributed by atoms with E-state index in [2.05, 4.69) is 4.98 Å². The van der Waals surface area contributed by atoms with Gasteiger partial charge in [-0.05, 0) is 12.1 Å². The van der Waals surface area contributed by atoms with E-state index in [1.165, 1.54) is 12.1 Å². The van der Waals surface area contributed by atoms with E-state index in [-0.39, 0.29) is 5.69 Å². The molecule has 0 amide bonds. The molecule has 0 spiro atoms. The molecule has 0 saturated carbocycles. The first kappa shape index (κ1) is 6.67. The lowest BCUT2D eigenvalue weighted by atomic mass is 10.3.